The Kier molecular flexibility index (Phi) is 5.97. The van der Waals surface area contributed by atoms with E-state index in [1.807, 2.05) is 0 Å². The Morgan fingerprint density at radius 2 is 2.11 bits per heavy atom. The molecule has 0 unspecified atom stereocenters. The number of amides is 3. The number of halogens is 1. The van der Waals surface area contributed by atoms with E-state index in [1.54, 1.807) is 30.3 Å². The molecule has 142 valence electrons. The van der Waals surface area contributed by atoms with Gasteiger partial charge in [-0.05, 0) is 42.3 Å². The number of hydrogen-bond acceptors (Lipinski definition) is 6. The van der Waals surface area contributed by atoms with Gasteiger partial charge in [0.2, 0.25) is 0 Å². The fourth-order valence-electron chi connectivity index (χ4n) is 2.56. The molecule has 3 amide bonds. The normalized spacial score (nSPS) is 15.2. The fourth-order valence-corrected chi connectivity index (χ4v) is 2.75. The van der Waals surface area contributed by atoms with E-state index in [4.69, 9.17) is 25.5 Å². The van der Waals surface area contributed by atoms with Crippen LogP contribution in [0.4, 0.5) is 4.79 Å². The Labute approximate surface area is 159 Å². The number of hydrogen-bond donors (Lipinski definition) is 2. The van der Waals surface area contributed by atoms with Crippen molar-refractivity contribution < 1.29 is 28.3 Å². The molecule has 0 spiro atoms. The summed E-state index contributed by atoms with van der Waals surface area (Å²) in [5, 5.41) is 5.06. The maximum atomic E-state index is 12.1. The molecule has 0 radical (unpaired) electrons. The molecule has 2 aromatic rings. The minimum absolute atomic E-state index is 0.132. The number of ether oxygens (including phenoxy) is 2. The Balaban J connectivity index is 1.41. The van der Waals surface area contributed by atoms with Crippen molar-refractivity contribution in [3.63, 3.8) is 0 Å². The average Bonchev–Trinajstić information content (AvgIpc) is 3.17. The predicted octanol–water partition coefficient (Wildman–Crippen LogP) is 2.05. The van der Waals surface area contributed by atoms with Crippen LogP contribution in [-0.4, -0.2) is 31.1 Å². The molecule has 1 atom stereocenters. The summed E-state index contributed by atoms with van der Waals surface area (Å²) in [7, 11) is 0. The van der Waals surface area contributed by atoms with Crippen molar-refractivity contribution in [3.8, 4) is 5.75 Å². The van der Waals surface area contributed by atoms with Crippen molar-refractivity contribution in [3.05, 3.63) is 52.9 Å². The molecule has 0 saturated carbocycles. The van der Waals surface area contributed by atoms with E-state index in [2.05, 4.69) is 10.6 Å². The number of rotatable bonds is 5. The van der Waals surface area contributed by atoms with Gasteiger partial charge in [0, 0.05) is 5.02 Å². The van der Waals surface area contributed by atoms with Crippen LogP contribution < -0.4 is 15.4 Å². The summed E-state index contributed by atoms with van der Waals surface area (Å²) in [6, 6.07) is 7.83. The van der Waals surface area contributed by atoms with Gasteiger partial charge in [-0.2, -0.15) is 0 Å². The summed E-state index contributed by atoms with van der Waals surface area (Å²) in [5.74, 6) is -0.639. The number of nitrogens with one attached hydrogen (secondary N) is 2. The molecule has 8 nitrogen and oxygen atoms in total. The fraction of sp³-hybridized carbons (Fsp3) is 0.278. The van der Waals surface area contributed by atoms with Gasteiger partial charge >= 0.3 is 12.0 Å². The van der Waals surface area contributed by atoms with Gasteiger partial charge in [-0.3, -0.25) is 14.9 Å². The minimum Gasteiger partial charge on any atom is -0.492 e. The van der Waals surface area contributed by atoms with Gasteiger partial charge in [0.05, 0.1) is 18.7 Å². The van der Waals surface area contributed by atoms with Crippen LogP contribution in [0.25, 0.3) is 0 Å². The Hall–Kier alpha value is -3.00. The molecule has 1 aromatic carbocycles. The van der Waals surface area contributed by atoms with Crippen molar-refractivity contribution >= 4 is 29.5 Å². The zero-order chi connectivity index (χ0) is 19.2. The molecule has 2 N–H and O–H groups in total. The van der Waals surface area contributed by atoms with Gasteiger partial charge < -0.3 is 19.2 Å². The first-order valence-corrected chi connectivity index (χ1v) is 8.57. The molecule has 9 heteroatoms. The number of imide groups is 1. The molecule has 0 saturated heterocycles. The van der Waals surface area contributed by atoms with Gasteiger partial charge in [0.15, 0.2) is 6.61 Å². The number of esters is 1. The predicted molar refractivity (Wildman–Crippen MR) is 94.2 cm³/mol. The molecule has 0 aliphatic carbocycles. The monoisotopic (exact) mass is 392 g/mol. The second kappa shape index (κ2) is 8.59. The second-order valence-electron chi connectivity index (χ2n) is 5.88. The summed E-state index contributed by atoms with van der Waals surface area (Å²) in [6.45, 7) is -0.280. The van der Waals surface area contributed by atoms with Crippen LogP contribution in [0.1, 0.15) is 11.3 Å². The van der Waals surface area contributed by atoms with Crippen molar-refractivity contribution in [1.82, 2.24) is 10.6 Å². The minimum atomic E-state index is -0.736. The molecule has 3 rings (SSSR count). The summed E-state index contributed by atoms with van der Waals surface area (Å²) in [5.41, 5.74) is 0.803. The van der Waals surface area contributed by atoms with Gasteiger partial charge in [0.1, 0.15) is 18.1 Å². The van der Waals surface area contributed by atoms with E-state index >= 15 is 0 Å². The second-order valence-corrected chi connectivity index (χ2v) is 6.32. The van der Waals surface area contributed by atoms with E-state index in [0.29, 0.717) is 23.0 Å². The van der Waals surface area contributed by atoms with Crippen LogP contribution in [0.3, 0.4) is 0 Å². The van der Waals surface area contributed by atoms with Gasteiger partial charge in [0.25, 0.3) is 5.91 Å². The van der Waals surface area contributed by atoms with E-state index < -0.39 is 30.4 Å². The molecule has 1 aliphatic heterocycles. The summed E-state index contributed by atoms with van der Waals surface area (Å²) in [6.07, 6.45) is 1.88. The average molecular weight is 393 g/mol. The lowest BCUT2D eigenvalue weighted by molar-refractivity contribution is -0.153. The van der Waals surface area contributed by atoms with Crippen LogP contribution in [0.5, 0.6) is 5.75 Å². The smallest absolute Gasteiger partial charge is 0.321 e. The molecule has 1 aliphatic rings. The number of fused-ring (bicyclic) bond motifs is 1. The Morgan fingerprint density at radius 3 is 2.89 bits per heavy atom. The lowest BCUT2D eigenvalue weighted by Gasteiger charge is -2.24. The third-order valence-corrected chi connectivity index (χ3v) is 4.10. The van der Waals surface area contributed by atoms with E-state index in [1.165, 1.54) is 6.26 Å². The third-order valence-electron chi connectivity index (χ3n) is 3.86. The van der Waals surface area contributed by atoms with Crippen molar-refractivity contribution in [2.45, 2.75) is 13.0 Å². The molecule has 27 heavy (non-hydrogen) atoms. The van der Waals surface area contributed by atoms with E-state index in [-0.39, 0.29) is 13.2 Å². The highest BCUT2D eigenvalue weighted by atomic mass is 35.5. The highest BCUT2D eigenvalue weighted by Gasteiger charge is 2.28. The number of carbonyl (C=O) groups excluding carboxylic acids is 3. The molecule has 0 fully saturated rings. The Morgan fingerprint density at radius 1 is 1.26 bits per heavy atom. The highest BCUT2D eigenvalue weighted by Crippen LogP contribution is 2.30. The van der Waals surface area contributed by atoms with Crippen LogP contribution in [0.15, 0.2) is 41.0 Å². The largest absolute Gasteiger partial charge is 0.492 e. The van der Waals surface area contributed by atoms with Gasteiger partial charge in [-0.15, -0.1) is 0 Å². The van der Waals surface area contributed by atoms with Crippen LogP contribution in [0, 0.1) is 5.92 Å². The lowest BCUT2D eigenvalue weighted by Crippen LogP contribution is -2.41. The van der Waals surface area contributed by atoms with Gasteiger partial charge in [-0.25, -0.2) is 4.79 Å². The summed E-state index contributed by atoms with van der Waals surface area (Å²) in [4.78, 5) is 35.5. The van der Waals surface area contributed by atoms with Crippen molar-refractivity contribution in [2.24, 2.45) is 5.92 Å². The summed E-state index contributed by atoms with van der Waals surface area (Å²) < 4.78 is 15.5. The maximum absolute atomic E-state index is 12.1. The molecule has 2 heterocycles. The highest BCUT2D eigenvalue weighted by molar-refractivity contribution is 6.30. The third kappa shape index (κ3) is 5.24. The SMILES string of the molecule is O=C(COC(=O)[C@H]1COc2ccc(Cl)cc2C1)NC(=O)NCc1ccco1. The van der Waals surface area contributed by atoms with Crippen LogP contribution in [-0.2, 0) is 27.3 Å². The first kappa shape index (κ1) is 18.8. The lowest BCUT2D eigenvalue weighted by atomic mass is 9.97. The first-order valence-electron chi connectivity index (χ1n) is 8.19. The van der Waals surface area contributed by atoms with E-state index in [9.17, 15) is 14.4 Å². The molecular weight excluding hydrogens is 376 g/mol. The van der Waals surface area contributed by atoms with E-state index in [0.717, 1.165) is 5.56 Å². The summed E-state index contributed by atoms with van der Waals surface area (Å²) >= 11 is 5.94. The molecular formula is C18H17ClN2O6. The number of urea groups is 1. The molecule has 1 aromatic heterocycles. The number of benzene rings is 1. The quantitative estimate of drug-likeness (QED) is 0.754. The van der Waals surface area contributed by atoms with Crippen LogP contribution in [0.2, 0.25) is 5.02 Å². The molecule has 0 bridgehead atoms. The maximum Gasteiger partial charge on any atom is 0.321 e. The zero-order valence-corrected chi connectivity index (χ0v) is 15.0. The zero-order valence-electron chi connectivity index (χ0n) is 14.2. The Bertz CT molecular complexity index is 836. The van der Waals surface area contributed by atoms with Crippen molar-refractivity contribution in [1.29, 1.82) is 0 Å². The number of carbonyl (C=O) groups is 3. The van der Waals surface area contributed by atoms with Gasteiger partial charge in [-0.1, -0.05) is 11.6 Å². The van der Waals surface area contributed by atoms with Crippen LogP contribution >= 0.6 is 11.6 Å². The standard InChI is InChI=1S/C18H17ClN2O6/c19-13-3-4-15-11(7-13)6-12(9-26-15)17(23)27-10-16(22)21-18(24)20-8-14-2-1-5-25-14/h1-5,7,12H,6,8-10H2,(H2,20,21,22,24)/t12-/m1/s1. The number of furan rings is 1. The topological polar surface area (TPSA) is 107 Å². The van der Waals surface area contributed by atoms with Crippen molar-refractivity contribution in [2.75, 3.05) is 13.2 Å². The first-order chi connectivity index (χ1) is 13.0.